The van der Waals surface area contributed by atoms with Crippen LogP contribution in [-0.4, -0.2) is 264 Å². The summed E-state index contributed by atoms with van der Waals surface area (Å²) in [5.74, 6) is -10.3. The van der Waals surface area contributed by atoms with Crippen LogP contribution in [0.5, 0.6) is 0 Å². The summed E-state index contributed by atoms with van der Waals surface area (Å²) in [6, 6.07) is -13.8. The Hall–Kier alpha value is -6.21. The minimum Gasteiger partial charge on any atom is -0.390 e. The zero-order valence-electron chi connectivity index (χ0n) is 59.8. The number of rotatable bonds is 17. The Morgan fingerprint density at radius 3 is 1.42 bits per heavy atom. The molecule has 25 nitrogen and oxygen atoms in total. The number of hydrogen-bond acceptors (Lipinski definition) is 14. The van der Waals surface area contributed by atoms with Gasteiger partial charge < -0.3 is 65.4 Å². The van der Waals surface area contributed by atoms with Crippen LogP contribution in [0.2, 0.25) is 0 Å². The van der Waals surface area contributed by atoms with E-state index in [0.717, 1.165) is 9.80 Å². The first-order valence-electron chi connectivity index (χ1n) is 32.8. The molecule has 0 bridgehead atoms. The van der Waals surface area contributed by atoms with Crippen molar-refractivity contribution in [3.63, 3.8) is 0 Å². The normalized spacial score (nSPS) is 28.2. The standard InChI is InChI=1S/C66H118N12O13/c1-26-28-29-41(13)55(79)54-59(83)69-47(27-2)62(86)71(18)45(17)61(85)76(23)53(42(14)33-78-34-46(35-78)91-25)58(82)70-51(39(9)10)65(89)72(19)48(30-36(3)4)57(81)67-43(15)56(80)68-44(16)60(84)73(20)49(31-37(5)6)63(87)74(21)50(32-38(7)8)64(88)75(22)52(40(11)12)66(90)77(54)24/h26,28,36-55,79H,27,29-35H2,1-25H3,(H,67,81)(H,68,80)(H,69,83)(H,70,82)/b28-26+/t41-,42-,43+,44-,45-,47+,48+,49+,50+,51+,52+,53+,54+,55-/m1/s1. The Bertz CT molecular complexity index is 2520. The molecule has 14 atom stereocenters. The van der Waals surface area contributed by atoms with Crippen molar-refractivity contribution in [1.29, 1.82) is 0 Å². The van der Waals surface area contributed by atoms with Gasteiger partial charge >= 0.3 is 0 Å². The lowest BCUT2D eigenvalue weighted by Crippen LogP contribution is -2.64. The van der Waals surface area contributed by atoms with E-state index in [1.165, 1.54) is 94.6 Å². The average molecular weight is 1290 g/mol. The topological polar surface area (TPSA) is 291 Å². The molecule has 2 fully saturated rings. The molecule has 0 saturated carbocycles. The Labute approximate surface area is 544 Å². The van der Waals surface area contributed by atoms with Crippen LogP contribution in [0.15, 0.2) is 12.2 Å². The van der Waals surface area contributed by atoms with Crippen molar-refractivity contribution in [2.75, 3.05) is 76.1 Å². The van der Waals surface area contributed by atoms with Crippen molar-refractivity contribution in [2.45, 2.75) is 228 Å². The van der Waals surface area contributed by atoms with Gasteiger partial charge in [0.2, 0.25) is 65.0 Å². The van der Waals surface area contributed by atoms with E-state index in [0.29, 0.717) is 26.1 Å². The van der Waals surface area contributed by atoms with Gasteiger partial charge in [-0.25, -0.2) is 0 Å². The third kappa shape index (κ3) is 21.4. The van der Waals surface area contributed by atoms with Crippen LogP contribution in [-0.2, 0) is 57.5 Å². The summed E-state index contributed by atoms with van der Waals surface area (Å²) >= 11 is 0. The number of nitrogens with one attached hydrogen (secondary N) is 4. The van der Waals surface area contributed by atoms with E-state index >= 15 is 19.2 Å². The number of hydrogen-bond donors (Lipinski definition) is 5. The molecule has 0 aromatic carbocycles. The molecule has 0 unspecified atom stereocenters. The number of allylic oxidation sites excluding steroid dienone is 2. The van der Waals surface area contributed by atoms with Crippen LogP contribution in [0.25, 0.3) is 0 Å². The van der Waals surface area contributed by atoms with Crippen LogP contribution < -0.4 is 21.3 Å². The summed E-state index contributed by atoms with van der Waals surface area (Å²) in [6.07, 6.45) is 2.79. The average Bonchev–Trinajstić information content (AvgIpc) is 2.74. The minimum absolute atomic E-state index is 0.00373. The lowest BCUT2D eigenvalue weighted by atomic mass is 9.91. The van der Waals surface area contributed by atoms with Gasteiger partial charge in [0.15, 0.2) is 0 Å². The first-order chi connectivity index (χ1) is 42.1. The van der Waals surface area contributed by atoms with Gasteiger partial charge in [-0.3, -0.25) is 57.6 Å². The maximum atomic E-state index is 15.3. The molecule has 0 aromatic rings. The second-order valence-electron chi connectivity index (χ2n) is 27.8. The molecule has 2 aliphatic rings. The molecule has 2 aliphatic heterocycles. The predicted molar refractivity (Wildman–Crippen MR) is 350 cm³/mol. The molecule has 11 amide bonds. The van der Waals surface area contributed by atoms with Crippen molar-refractivity contribution in [3.05, 3.63) is 12.2 Å². The third-order valence-corrected chi connectivity index (χ3v) is 18.1. The summed E-state index contributed by atoms with van der Waals surface area (Å²) in [4.78, 5) is 173. The highest BCUT2D eigenvalue weighted by Gasteiger charge is 2.47. The van der Waals surface area contributed by atoms with Gasteiger partial charge in [-0.2, -0.15) is 0 Å². The molecule has 91 heavy (non-hydrogen) atoms. The van der Waals surface area contributed by atoms with E-state index < -0.39 is 161 Å². The molecule has 5 N–H and O–H groups in total. The fraction of sp³-hybridized carbons (Fsp3) is 0.803. The molecule has 25 heteroatoms. The highest BCUT2D eigenvalue weighted by Crippen LogP contribution is 2.27. The molecule has 2 heterocycles. The predicted octanol–water partition coefficient (Wildman–Crippen LogP) is 2.58. The number of aliphatic hydroxyl groups is 1. The number of likely N-dealkylation sites (tertiary alicyclic amines) is 1. The zero-order chi connectivity index (χ0) is 70.1. The summed E-state index contributed by atoms with van der Waals surface area (Å²) in [5, 5.41) is 23.3. The molecule has 2 rings (SSSR count). The van der Waals surface area contributed by atoms with Gasteiger partial charge in [0.1, 0.15) is 66.5 Å². The van der Waals surface area contributed by atoms with Crippen LogP contribution in [0, 0.1) is 41.4 Å². The van der Waals surface area contributed by atoms with E-state index in [9.17, 15) is 38.7 Å². The number of methoxy groups -OCH3 is 1. The molecule has 0 aliphatic carbocycles. The van der Waals surface area contributed by atoms with Gasteiger partial charge in [0, 0.05) is 76.1 Å². The van der Waals surface area contributed by atoms with E-state index in [2.05, 4.69) is 26.2 Å². The number of carbonyl (C=O) groups is 11. The number of carbonyl (C=O) groups excluding carboxylic acids is 11. The molecule has 0 spiro atoms. The molecule has 0 aromatic heterocycles. The lowest BCUT2D eigenvalue weighted by Gasteiger charge is -2.43. The van der Waals surface area contributed by atoms with Crippen molar-refractivity contribution in [2.24, 2.45) is 41.4 Å². The molecule has 520 valence electrons. The number of amides is 11. The monoisotopic (exact) mass is 1290 g/mol. The SMILES string of the molecule is C/C=C/C[C@@H](C)[C@@H](O)[C@H]1C(=O)N[C@@H](CC)C(=O)N(C)[C@H](C)C(=O)N(C)[C@@H]([C@H](C)CN2CC(OC)C2)C(=O)N[C@@H](C(C)C)C(=O)N(C)[C@@H](CC(C)C)C(=O)N[C@@H](C)C(=O)N[C@H](C)C(=O)N(C)[C@@H](CC(C)C)C(=O)N(C)[C@@H](CC(C)C)C(=O)N(C)[C@@H](C(C)C)C(=O)N1C. The Morgan fingerprint density at radius 2 is 0.945 bits per heavy atom. The van der Waals surface area contributed by atoms with Crippen molar-refractivity contribution in [1.82, 2.24) is 60.5 Å². The van der Waals surface area contributed by atoms with Gasteiger partial charge in [0.05, 0.1) is 12.2 Å². The van der Waals surface area contributed by atoms with Gasteiger partial charge in [0.25, 0.3) is 0 Å². The molecular formula is C66H118N12O13. The van der Waals surface area contributed by atoms with Crippen LogP contribution >= 0.6 is 0 Å². The summed E-state index contributed by atoms with van der Waals surface area (Å²) < 4.78 is 5.51. The lowest BCUT2D eigenvalue weighted by molar-refractivity contribution is -0.157. The summed E-state index contributed by atoms with van der Waals surface area (Å²) in [5.41, 5.74) is 0. The molecule has 2 saturated heterocycles. The first kappa shape index (κ1) is 80.9. The second kappa shape index (κ2) is 36.3. The maximum absolute atomic E-state index is 15.3. The van der Waals surface area contributed by atoms with Crippen LogP contribution in [0.1, 0.15) is 150 Å². The van der Waals surface area contributed by atoms with Crippen molar-refractivity contribution >= 4 is 65.0 Å². The van der Waals surface area contributed by atoms with E-state index in [1.54, 1.807) is 68.6 Å². The number of likely N-dealkylation sites (N-methyl/N-ethyl adjacent to an activating group) is 7. The highest BCUT2D eigenvalue weighted by molar-refractivity contribution is 6.00. The van der Waals surface area contributed by atoms with Gasteiger partial charge in [-0.1, -0.05) is 102 Å². The van der Waals surface area contributed by atoms with E-state index in [1.807, 2.05) is 47.6 Å². The van der Waals surface area contributed by atoms with Crippen LogP contribution in [0.4, 0.5) is 0 Å². The molecular weight excluding hydrogens is 1170 g/mol. The number of nitrogens with zero attached hydrogens (tertiary/aromatic N) is 8. The van der Waals surface area contributed by atoms with E-state index in [-0.39, 0.29) is 49.5 Å². The smallest absolute Gasteiger partial charge is 0.246 e. The summed E-state index contributed by atoms with van der Waals surface area (Å²) in [6.45, 7) is 31.0. The first-order valence-corrected chi connectivity index (χ1v) is 32.8. The Morgan fingerprint density at radius 1 is 0.495 bits per heavy atom. The number of ether oxygens (including phenoxy) is 1. The van der Waals surface area contributed by atoms with E-state index in [4.69, 9.17) is 4.74 Å². The Kier molecular flexibility index (Phi) is 32.3. The summed E-state index contributed by atoms with van der Waals surface area (Å²) in [7, 11) is 11.6. The molecule has 0 radical (unpaired) electrons. The van der Waals surface area contributed by atoms with Crippen LogP contribution in [0.3, 0.4) is 0 Å². The van der Waals surface area contributed by atoms with Gasteiger partial charge in [-0.15, -0.1) is 0 Å². The van der Waals surface area contributed by atoms with Crippen molar-refractivity contribution < 1.29 is 62.6 Å². The quantitative estimate of drug-likeness (QED) is 0.131. The minimum atomic E-state index is -1.63. The third-order valence-electron chi connectivity index (χ3n) is 18.1. The Balaban J connectivity index is 3.04. The number of aliphatic hydroxyl groups excluding tert-OH is 1. The largest absolute Gasteiger partial charge is 0.390 e. The van der Waals surface area contributed by atoms with Crippen molar-refractivity contribution in [3.8, 4) is 0 Å². The zero-order valence-corrected chi connectivity index (χ0v) is 59.8. The fourth-order valence-corrected chi connectivity index (χ4v) is 12.1. The highest BCUT2D eigenvalue weighted by atomic mass is 16.5. The van der Waals surface area contributed by atoms with Gasteiger partial charge in [-0.05, 0) is 101 Å². The second-order valence-corrected chi connectivity index (χ2v) is 27.8. The maximum Gasteiger partial charge on any atom is 0.246 e. The fourth-order valence-electron chi connectivity index (χ4n) is 12.1.